The zero-order valence-electron chi connectivity index (χ0n) is 14.8. The second-order valence-corrected chi connectivity index (χ2v) is 7.12. The summed E-state index contributed by atoms with van der Waals surface area (Å²) >= 11 is 0. The van der Waals surface area contributed by atoms with E-state index in [0.29, 0.717) is 6.42 Å². The molecule has 136 valence electrons. The molecular formula is C19H25NO5. The summed E-state index contributed by atoms with van der Waals surface area (Å²) in [5.41, 5.74) is 0.739. The van der Waals surface area contributed by atoms with E-state index < -0.39 is 0 Å². The Bertz CT molecular complexity index is 663. The molecule has 1 saturated carbocycles. The van der Waals surface area contributed by atoms with Crippen LogP contribution in [0.1, 0.15) is 31.2 Å². The highest BCUT2D eigenvalue weighted by Crippen LogP contribution is 2.43. The van der Waals surface area contributed by atoms with Crippen molar-refractivity contribution in [1.29, 1.82) is 0 Å². The van der Waals surface area contributed by atoms with Crippen molar-refractivity contribution in [3.05, 3.63) is 23.8 Å². The Morgan fingerprint density at radius 3 is 2.92 bits per heavy atom. The molecule has 6 heteroatoms. The van der Waals surface area contributed by atoms with Gasteiger partial charge in [0.25, 0.3) is 0 Å². The van der Waals surface area contributed by atoms with Gasteiger partial charge in [0, 0.05) is 20.8 Å². The van der Waals surface area contributed by atoms with Crippen LogP contribution < -0.4 is 9.47 Å². The second kappa shape index (κ2) is 6.50. The molecule has 1 saturated heterocycles. The van der Waals surface area contributed by atoms with Gasteiger partial charge in [-0.15, -0.1) is 0 Å². The summed E-state index contributed by atoms with van der Waals surface area (Å²) in [5.74, 6) is 1.60. The Labute approximate surface area is 148 Å². The first kappa shape index (κ1) is 16.7. The van der Waals surface area contributed by atoms with Crippen LogP contribution >= 0.6 is 0 Å². The third kappa shape index (κ3) is 2.87. The number of nitrogens with zero attached hydrogens (tertiary/aromatic N) is 1. The summed E-state index contributed by atoms with van der Waals surface area (Å²) in [6, 6.07) is 5.80. The van der Waals surface area contributed by atoms with E-state index in [2.05, 4.69) is 0 Å². The first-order chi connectivity index (χ1) is 12.1. The van der Waals surface area contributed by atoms with Gasteiger partial charge in [-0.25, -0.2) is 0 Å². The van der Waals surface area contributed by atoms with Gasteiger partial charge in [0.2, 0.25) is 12.7 Å². The fourth-order valence-electron chi connectivity index (χ4n) is 4.50. The molecular weight excluding hydrogens is 322 g/mol. The summed E-state index contributed by atoms with van der Waals surface area (Å²) in [5, 5.41) is 0. The van der Waals surface area contributed by atoms with Crippen molar-refractivity contribution in [2.45, 2.75) is 49.9 Å². The van der Waals surface area contributed by atoms with Gasteiger partial charge in [0.1, 0.15) is 0 Å². The molecule has 2 heterocycles. The molecule has 0 spiro atoms. The Morgan fingerprint density at radius 2 is 2.12 bits per heavy atom. The molecule has 3 aliphatic rings. The van der Waals surface area contributed by atoms with E-state index in [0.717, 1.165) is 49.3 Å². The second-order valence-electron chi connectivity index (χ2n) is 7.12. The van der Waals surface area contributed by atoms with E-state index >= 15 is 0 Å². The minimum atomic E-state index is -0.209. The monoisotopic (exact) mass is 347 g/mol. The molecule has 1 aliphatic carbocycles. The maximum absolute atomic E-state index is 13.0. The molecule has 6 nitrogen and oxygen atoms in total. The molecule has 1 aromatic carbocycles. The fourth-order valence-corrected chi connectivity index (χ4v) is 4.50. The van der Waals surface area contributed by atoms with E-state index in [1.165, 1.54) is 0 Å². The number of ether oxygens (including phenoxy) is 4. The molecule has 1 aromatic rings. The van der Waals surface area contributed by atoms with Crippen LogP contribution in [0.3, 0.4) is 0 Å². The van der Waals surface area contributed by atoms with Crippen LogP contribution in [0, 0.1) is 0 Å². The van der Waals surface area contributed by atoms with E-state index in [1.807, 2.05) is 23.1 Å². The van der Waals surface area contributed by atoms with E-state index in [1.54, 1.807) is 14.2 Å². The van der Waals surface area contributed by atoms with Gasteiger partial charge in [0.15, 0.2) is 11.5 Å². The maximum Gasteiger partial charge on any atom is 0.231 e. The number of benzene rings is 1. The van der Waals surface area contributed by atoms with Crippen molar-refractivity contribution in [2.24, 2.45) is 0 Å². The lowest BCUT2D eigenvalue weighted by atomic mass is 9.79. The standard InChI is InChI=1S/C19H25NO5/c1-22-14-5-6-19(23-2)7-8-20(17(19)11-14)18(21)10-13-3-4-15-16(9-13)25-12-24-15/h3-4,9,14,17H,5-8,10-12H2,1-2H3/t14-,17-,19+/m0/s1. The van der Waals surface area contributed by atoms with Crippen LogP contribution in [0.4, 0.5) is 0 Å². The number of rotatable bonds is 4. The molecule has 2 aliphatic heterocycles. The summed E-state index contributed by atoms with van der Waals surface area (Å²) < 4.78 is 22.2. The van der Waals surface area contributed by atoms with Crippen molar-refractivity contribution >= 4 is 5.91 Å². The van der Waals surface area contributed by atoms with Crippen molar-refractivity contribution in [2.75, 3.05) is 27.6 Å². The molecule has 1 amide bonds. The summed E-state index contributed by atoms with van der Waals surface area (Å²) in [4.78, 5) is 15.0. The number of hydrogen-bond acceptors (Lipinski definition) is 5. The minimum Gasteiger partial charge on any atom is -0.454 e. The smallest absolute Gasteiger partial charge is 0.231 e. The average Bonchev–Trinajstić information content (AvgIpc) is 3.25. The maximum atomic E-state index is 13.0. The Hall–Kier alpha value is -1.79. The number of likely N-dealkylation sites (tertiary alicyclic amines) is 1. The Balaban J connectivity index is 1.49. The predicted octanol–water partition coefficient (Wildman–Crippen LogP) is 2.14. The molecule has 2 fully saturated rings. The molecule has 0 unspecified atom stereocenters. The van der Waals surface area contributed by atoms with Crippen LogP contribution in [0.25, 0.3) is 0 Å². The lowest BCUT2D eigenvalue weighted by Gasteiger charge is -2.43. The fraction of sp³-hybridized carbons (Fsp3) is 0.632. The molecule has 0 radical (unpaired) electrons. The predicted molar refractivity (Wildman–Crippen MR) is 90.8 cm³/mol. The average molecular weight is 347 g/mol. The van der Waals surface area contributed by atoms with Crippen LogP contribution in [-0.4, -0.2) is 56.1 Å². The largest absolute Gasteiger partial charge is 0.454 e. The lowest BCUT2D eigenvalue weighted by Crippen LogP contribution is -2.53. The van der Waals surface area contributed by atoms with Crippen molar-refractivity contribution < 1.29 is 23.7 Å². The van der Waals surface area contributed by atoms with Crippen molar-refractivity contribution in [3.8, 4) is 11.5 Å². The number of amides is 1. The van der Waals surface area contributed by atoms with Crippen LogP contribution in [0.15, 0.2) is 18.2 Å². The third-order valence-electron chi connectivity index (χ3n) is 5.99. The van der Waals surface area contributed by atoms with Gasteiger partial charge in [0.05, 0.1) is 24.2 Å². The summed E-state index contributed by atoms with van der Waals surface area (Å²) in [6.45, 7) is 0.994. The SMILES string of the molecule is CO[C@H]1CC[C@@]2(OC)CCN(C(=O)Cc3ccc4c(c3)OCO4)[C@H]2C1. The van der Waals surface area contributed by atoms with Gasteiger partial charge >= 0.3 is 0 Å². The molecule has 25 heavy (non-hydrogen) atoms. The zero-order valence-corrected chi connectivity index (χ0v) is 14.8. The van der Waals surface area contributed by atoms with Gasteiger partial charge < -0.3 is 23.8 Å². The first-order valence-electron chi connectivity index (χ1n) is 8.91. The normalized spacial score (nSPS) is 30.4. The number of carbonyl (C=O) groups is 1. The number of carbonyl (C=O) groups excluding carboxylic acids is 1. The van der Waals surface area contributed by atoms with Crippen molar-refractivity contribution in [3.63, 3.8) is 0 Å². The summed E-state index contributed by atoms with van der Waals surface area (Å²) in [6.07, 6.45) is 4.25. The quantitative estimate of drug-likeness (QED) is 0.835. The first-order valence-corrected chi connectivity index (χ1v) is 8.91. The Morgan fingerprint density at radius 1 is 1.28 bits per heavy atom. The number of hydrogen-bond donors (Lipinski definition) is 0. The van der Waals surface area contributed by atoms with Gasteiger partial charge in [-0.1, -0.05) is 6.07 Å². The number of methoxy groups -OCH3 is 2. The van der Waals surface area contributed by atoms with Gasteiger partial charge in [-0.3, -0.25) is 4.79 Å². The van der Waals surface area contributed by atoms with Gasteiger partial charge in [-0.05, 0) is 43.4 Å². The summed E-state index contributed by atoms with van der Waals surface area (Å²) in [7, 11) is 3.52. The molecule has 0 N–H and O–H groups in total. The highest BCUT2D eigenvalue weighted by atomic mass is 16.7. The van der Waals surface area contributed by atoms with E-state index in [9.17, 15) is 4.79 Å². The number of fused-ring (bicyclic) bond motifs is 2. The van der Waals surface area contributed by atoms with E-state index in [-0.39, 0.29) is 30.4 Å². The van der Waals surface area contributed by atoms with Crippen LogP contribution in [0.5, 0.6) is 11.5 Å². The van der Waals surface area contributed by atoms with Crippen molar-refractivity contribution in [1.82, 2.24) is 4.90 Å². The molecule has 0 bridgehead atoms. The van der Waals surface area contributed by atoms with E-state index in [4.69, 9.17) is 18.9 Å². The van der Waals surface area contributed by atoms with Crippen LogP contribution in [-0.2, 0) is 20.7 Å². The highest BCUT2D eigenvalue weighted by Gasteiger charge is 2.52. The van der Waals surface area contributed by atoms with Crippen LogP contribution in [0.2, 0.25) is 0 Å². The minimum absolute atomic E-state index is 0.0951. The van der Waals surface area contributed by atoms with Gasteiger partial charge in [-0.2, -0.15) is 0 Å². The molecule has 0 aromatic heterocycles. The molecule has 3 atom stereocenters. The highest BCUT2D eigenvalue weighted by molar-refractivity contribution is 5.80. The Kier molecular flexibility index (Phi) is 4.33. The third-order valence-corrected chi connectivity index (χ3v) is 5.99. The topological polar surface area (TPSA) is 57.2 Å². The zero-order chi connectivity index (χ0) is 17.4. The molecule has 4 rings (SSSR count). The lowest BCUT2D eigenvalue weighted by molar-refractivity contribution is -0.140.